The van der Waals surface area contributed by atoms with Crippen molar-refractivity contribution in [2.24, 2.45) is 0 Å². The SMILES string of the molecule is CCCCOCCCNC(=O)NC(C)c1ccc2c(c1)OCO2. The van der Waals surface area contributed by atoms with Crippen molar-refractivity contribution in [3.63, 3.8) is 0 Å². The topological polar surface area (TPSA) is 68.8 Å². The molecule has 0 radical (unpaired) electrons. The molecule has 0 saturated carbocycles. The maximum atomic E-state index is 11.9. The van der Waals surface area contributed by atoms with Crippen LogP contribution in [0.4, 0.5) is 4.79 Å². The molecule has 2 amide bonds. The summed E-state index contributed by atoms with van der Waals surface area (Å²) < 4.78 is 16.1. The minimum atomic E-state index is -0.177. The molecule has 1 aromatic carbocycles. The van der Waals surface area contributed by atoms with E-state index in [9.17, 15) is 4.79 Å². The van der Waals surface area contributed by atoms with Gasteiger partial charge in [-0.3, -0.25) is 0 Å². The molecule has 23 heavy (non-hydrogen) atoms. The Morgan fingerprint density at radius 2 is 2.04 bits per heavy atom. The number of benzene rings is 1. The highest BCUT2D eigenvalue weighted by atomic mass is 16.7. The Balaban J connectivity index is 1.64. The Morgan fingerprint density at radius 3 is 2.87 bits per heavy atom. The molecule has 1 heterocycles. The van der Waals surface area contributed by atoms with Gasteiger partial charge in [0.05, 0.1) is 6.04 Å². The summed E-state index contributed by atoms with van der Waals surface area (Å²) in [6.07, 6.45) is 3.04. The van der Waals surface area contributed by atoms with Crippen LogP contribution >= 0.6 is 0 Å². The van der Waals surface area contributed by atoms with E-state index in [0.29, 0.717) is 13.2 Å². The molecule has 128 valence electrons. The minimum Gasteiger partial charge on any atom is -0.454 e. The predicted molar refractivity (Wildman–Crippen MR) is 87.9 cm³/mol. The lowest BCUT2D eigenvalue weighted by Crippen LogP contribution is -2.37. The number of urea groups is 1. The van der Waals surface area contributed by atoms with Gasteiger partial charge in [0.2, 0.25) is 6.79 Å². The molecule has 0 aromatic heterocycles. The highest BCUT2D eigenvalue weighted by molar-refractivity contribution is 5.74. The van der Waals surface area contributed by atoms with E-state index in [4.69, 9.17) is 14.2 Å². The number of nitrogens with one attached hydrogen (secondary N) is 2. The van der Waals surface area contributed by atoms with Crippen LogP contribution in [0.1, 0.15) is 44.7 Å². The number of ether oxygens (including phenoxy) is 3. The van der Waals surface area contributed by atoms with Gasteiger partial charge in [-0.15, -0.1) is 0 Å². The Kier molecular flexibility index (Phi) is 7.00. The molecule has 6 heteroatoms. The molecule has 1 unspecified atom stereocenters. The molecule has 0 bridgehead atoms. The number of carbonyl (C=O) groups excluding carboxylic acids is 1. The summed E-state index contributed by atoms with van der Waals surface area (Å²) in [7, 11) is 0. The maximum Gasteiger partial charge on any atom is 0.315 e. The van der Waals surface area contributed by atoms with E-state index < -0.39 is 0 Å². The molecule has 0 aliphatic carbocycles. The van der Waals surface area contributed by atoms with Crippen LogP contribution < -0.4 is 20.1 Å². The van der Waals surface area contributed by atoms with Gasteiger partial charge in [0.15, 0.2) is 11.5 Å². The Labute approximate surface area is 137 Å². The predicted octanol–water partition coefficient (Wildman–Crippen LogP) is 2.98. The van der Waals surface area contributed by atoms with Gasteiger partial charge in [0.1, 0.15) is 0 Å². The molecule has 0 spiro atoms. The van der Waals surface area contributed by atoms with Crippen molar-refractivity contribution < 1.29 is 19.0 Å². The van der Waals surface area contributed by atoms with Gasteiger partial charge in [0.25, 0.3) is 0 Å². The zero-order valence-electron chi connectivity index (χ0n) is 13.9. The number of hydrogen-bond acceptors (Lipinski definition) is 4. The van der Waals surface area contributed by atoms with Crippen molar-refractivity contribution in [3.05, 3.63) is 23.8 Å². The van der Waals surface area contributed by atoms with Gasteiger partial charge in [-0.2, -0.15) is 0 Å². The van der Waals surface area contributed by atoms with Crippen molar-refractivity contribution in [2.45, 2.75) is 39.2 Å². The van der Waals surface area contributed by atoms with E-state index in [1.54, 1.807) is 0 Å². The van der Waals surface area contributed by atoms with Crippen LogP contribution in [0.25, 0.3) is 0 Å². The normalized spacial score (nSPS) is 13.7. The first-order valence-electron chi connectivity index (χ1n) is 8.22. The summed E-state index contributed by atoms with van der Waals surface area (Å²) in [6, 6.07) is 5.41. The molecule has 1 aromatic rings. The average molecular weight is 322 g/mol. The summed E-state index contributed by atoms with van der Waals surface area (Å²) in [6.45, 7) is 6.40. The lowest BCUT2D eigenvalue weighted by Gasteiger charge is -2.15. The average Bonchev–Trinajstić information content (AvgIpc) is 3.01. The van der Waals surface area contributed by atoms with Crippen molar-refractivity contribution >= 4 is 6.03 Å². The lowest BCUT2D eigenvalue weighted by atomic mass is 10.1. The number of unbranched alkanes of at least 4 members (excludes halogenated alkanes) is 1. The van der Waals surface area contributed by atoms with Crippen LogP contribution in [-0.2, 0) is 4.74 Å². The van der Waals surface area contributed by atoms with E-state index in [0.717, 1.165) is 42.9 Å². The Morgan fingerprint density at radius 1 is 1.26 bits per heavy atom. The van der Waals surface area contributed by atoms with E-state index >= 15 is 0 Å². The van der Waals surface area contributed by atoms with Gasteiger partial charge in [-0.25, -0.2) is 4.79 Å². The fourth-order valence-electron chi connectivity index (χ4n) is 2.24. The van der Waals surface area contributed by atoms with Gasteiger partial charge < -0.3 is 24.8 Å². The van der Waals surface area contributed by atoms with Crippen LogP contribution in [-0.4, -0.2) is 32.6 Å². The number of amides is 2. The molecule has 2 N–H and O–H groups in total. The zero-order chi connectivity index (χ0) is 16.5. The van der Waals surface area contributed by atoms with Gasteiger partial charge in [-0.1, -0.05) is 19.4 Å². The molecular formula is C17H26N2O4. The van der Waals surface area contributed by atoms with E-state index in [1.807, 2.05) is 25.1 Å². The molecular weight excluding hydrogens is 296 g/mol. The van der Waals surface area contributed by atoms with E-state index in [2.05, 4.69) is 17.6 Å². The molecule has 1 aliphatic heterocycles. The molecule has 1 aliphatic rings. The molecule has 2 rings (SSSR count). The smallest absolute Gasteiger partial charge is 0.315 e. The minimum absolute atomic E-state index is 0.106. The zero-order valence-corrected chi connectivity index (χ0v) is 13.9. The third-order valence-corrected chi connectivity index (χ3v) is 3.64. The maximum absolute atomic E-state index is 11.9. The largest absolute Gasteiger partial charge is 0.454 e. The number of rotatable bonds is 9. The first-order chi connectivity index (χ1) is 11.2. The second kappa shape index (κ2) is 9.25. The van der Waals surface area contributed by atoms with E-state index in [1.165, 1.54) is 0 Å². The first kappa shape index (κ1) is 17.4. The van der Waals surface area contributed by atoms with Crippen LogP contribution in [0.15, 0.2) is 18.2 Å². The Bertz CT molecular complexity index is 507. The summed E-state index contributed by atoms with van der Waals surface area (Å²) in [5, 5.41) is 5.75. The lowest BCUT2D eigenvalue weighted by molar-refractivity contribution is 0.129. The summed E-state index contributed by atoms with van der Waals surface area (Å²) >= 11 is 0. The fourth-order valence-corrected chi connectivity index (χ4v) is 2.24. The second-order valence-corrected chi connectivity index (χ2v) is 5.55. The van der Waals surface area contributed by atoms with Gasteiger partial charge in [-0.05, 0) is 37.5 Å². The molecule has 1 atom stereocenters. The number of hydrogen-bond donors (Lipinski definition) is 2. The highest BCUT2D eigenvalue weighted by Gasteiger charge is 2.16. The molecule has 0 saturated heterocycles. The van der Waals surface area contributed by atoms with Crippen LogP contribution in [0, 0.1) is 0 Å². The monoisotopic (exact) mass is 322 g/mol. The van der Waals surface area contributed by atoms with Gasteiger partial charge in [0, 0.05) is 19.8 Å². The fraction of sp³-hybridized carbons (Fsp3) is 0.588. The van der Waals surface area contributed by atoms with Crippen molar-refractivity contribution in [2.75, 3.05) is 26.6 Å². The summed E-state index contributed by atoms with van der Waals surface area (Å²) in [5.74, 6) is 1.47. The quantitative estimate of drug-likeness (QED) is 0.686. The number of carbonyl (C=O) groups is 1. The van der Waals surface area contributed by atoms with Crippen LogP contribution in [0.5, 0.6) is 11.5 Å². The van der Waals surface area contributed by atoms with Crippen molar-refractivity contribution in [3.8, 4) is 11.5 Å². The molecule has 0 fully saturated rings. The highest BCUT2D eigenvalue weighted by Crippen LogP contribution is 2.34. The summed E-state index contributed by atoms with van der Waals surface area (Å²) in [4.78, 5) is 11.9. The first-order valence-corrected chi connectivity index (χ1v) is 8.22. The van der Waals surface area contributed by atoms with Crippen molar-refractivity contribution in [1.82, 2.24) is 10.6 Å². The van der Waals surface area contributed by atoms with Crippen LogP contribution in [0.3, 0.4) is 0 Å². The Hall–Kier alpha value is -1.95. The second-order valence-electron chi connectivity index (χ2n) is 5.55. The van der Waals surface area contributed by atoms with Crippen molar-refractivity contribution in [1.29, 1.82) is 0 Å². The third kappa shape index (κ3) is 5.63. The third-order valence-electron chi connectivity index (χ3n) is 3.64. The summed E-state index contributed by atoms with van der Waals surface area (Å²) in [5.41, 5.74) is 0.979. The standard InChI is InChI=1S/C17H26N2O4/c1-3-4-9-21-10-5-8-18-17(20)19-13(2)14-6-7-15-16(11-14)23-12-22-15/h6-7,11,13H,3-5,8-10,12H2,1-2H3,(H2,18,19,20). The van der Waals surface area contributed by atoms with Crippen LogP contribution in [0.2, 0.25) is 0 Å². The van der Waals surface area contributed by atoms with Gasteiger partial charge >= 0.3 is 6.03 Å². The molecule has 6 nitrogen and oxygen atoms in total. The van der Waals surface area contributed by atoms with E-state index in [-0.39, 0.29) is 18.9 Å². The number of fused-ring (bicyclic) bond motifs is 1.